The molecule has 1 unspecified atom stereocenters. The standard InChI is InChI=1S/C30H58O5/c1-3-5-7-9-11-13-15-17-19-21-23-25-30(33)35-28(26-31)27-34-29(32)24-22-20-18-16-14-12-10-8-6-4-2/h28,31H,3-27H2,1-2H3. The predicted molar refractivity (Wildman–Crippen MR) is 145 cm³/mol. The van der Waals surface area contributed by atoms with Crippen LogP contribution in [0, 0.1) is 0 Å². The lowest BCUT2D eigenvalue weighted by molar-refractivity contribution is -0.161. The van der Waals surface area contributed by atoms with Crippen LogP contribution in [0.1, 0.15) is 162 Å². The van der Waals surface area contributed by atoms with Crippen molar-refractivity contribution >= 4 is 11.9 Å². The van der Waals surface area contributed by atoms with Gasteiger partial charge >= 0.3 is 11.9 Å². The molecule has 0 amide bonds. The summed E-state index contributed by atoms with van der Waals surface area (Å²) in [6, 6.07) is 0. The molecule has 0 spiro atoms. The van der Waals surface area contributed by atoms with Gasteiger partial charge in [-0.1, -0.05) is 136 Å². The van der Waals surface area contributed by atoms with Gasteiger partial charge in [0.05, 0.1) is 6.61 Å². The van der Waals surface area contributed by atoms with E-state index in [1.54, 1.807) is 0 Å². The van der Waals surface area contributed by atoms with E-state index in [0.717, 1.165) is 38.5 Å². The van der Waals surface area contributed by atoms with Crippen molar-refractivity contribution in [1.29, 1.82) is 0 Å². The fourth-order valence-corrected chi connectivity index (χ4v) is 4.32. The molecular weight excluding hydrogens is 440 g/mol. The molecule has 1 atom stereocenters. The first kappa shape index (κ1) is 33.9. The van der Waals surface area contributed by atoms with Crippen molar-refractivity contribution in [1.82, 2.24) is 0 Å². The predicted octanol–water partition coefficient (Wildman–Crippen LogP) is 8.45. The summed E-state index contributed by atoms with van der Waals surface area (Å²) in [5.41, 5.74) is 0. The summed E-state index contributed by atoms with van der Waals surface area (Å²) in [6.07, 6.45) is 25.8. The molecule has 35 heavy (non-hydrogen) atoms. The maximum Gasteiger partial charge on any atom is 0.306 e. The zero-order valence-electron chi connectivity index (χ0n) is 23.3. The number of unbranched alkanes of at least 4 members (excludes halogenated alkanes) is 19. The molecule has 0 saturated carbocycles. The molecule has 0 aliphatic carbocycles. The zero-order valence-corrected chi connectivity index (χ0v) is 23.3. The number of esters is 2. The van der Waals surface area contributed by atoms with Gasteiger partial charge in [-0.3, -0.25) is 9.59 Å². The molecular formula is C30H58O5. The van der Waals surface area contributed by atoms with Crippen molar-refractivity contribution in [3.05, 3.63) is 0 Å². The lowest BCUT2D eigenvalue weighted by atomic mass is 10.1. The molecule has 0 aliphatic heterocycles. The largest absolute Gasteiger partial charge is 0.462 e. The molecule has 0 aromatic rings. The fourth-order valence-electron chi connectivity index (χ4n) is 4.32. The van der Waals surface area contributed by atoms with E-state index in [1.165, 1.54) is 96.3 Å². The number of aliphatic hydroxyl groups is 1. The average Bonchev–Trinajstić information content (AvgIpc) is 2.86. The SMILES string of the molecule is CCCCCCCCCCCCCC(=O)OC(CO)COC(=O)CCCCCCCCCCCC. The van der Waals surface area contributed by atoms with Crippen LogP contribution in [0.15, 0.2) is 0 Å². The lowest BCUT2D eigenvalue weighted by Crippen LogP contribution is -2.28. The van der Waals surface area contributed by atoms with E-state index in [0.29, 0.717) is 12.8 Å². The van der Waals surface area contributed by atoms with E-state index < -0.39 is 6.10 Å². The fraction of sp³-hybridized carbons (Fsp3) is 0.933. The van der Waals surface area contributed by atoms with Crippen LogP contribution in [0.25, 0.3) is 0 Å². The highest BCUT2D eigenvalue weighted by Gasteiger charge is 2.16. The quantitative estimate of drug-likeness (QED) is 0.0908. The minimum absolute atomic E-state index is 0.0584. The normalized spacial score (nSPS) is 12.0. The molecule has 0 aromatic heterocycles. The number of hydrogen-bond donors (Lipinski definition) is 1. The Morgan fingerprint density at radius 1 is 0.543 bits per heavy atom. The Labute approximate surface area is 217 Å². The monoisotopic (exact) mass is 498 g/mol. The Kier molecular flexibility index (Phi) is 26.6. The molecule has 0 heterocycles. The third-order valence-corrected chi connectivity index (χ3v) is 6.65. The molecule has 5 nitrogen and oxygen atoms in total. The highest BCUT2D eigenvalue weighted by atomic mass is 16.6. The molecule has 208 valence electrons. The second-order valence-corrected chi connectivity index (χ2v) is 10.2. The van der Waals surface area contributed by atoms with E-state index in [9.17, 15) is 14.7 Å². The second-order valence-electron chi connectivity index (χ2n) is 10.2. The molecule has 0 rings (SSSR count). The van der Waals surface area contributed by atoms with Crippen molar-refractivity contribution < 1.29 is 24.2 Å². The smallest absolute Gasteiger partial charge is 0.306 e. The van der Waals surface area contributed by atoms with Crippen LogP contribution < -0.4 is 0 Å². The van der Waals surface area contributed by atoms with Gasteiger partial charge in [0.25, 0.3) is 0 Å². The van der Waals surface area contributed by atoms with Crippen molar-refractivity contribution in [2.24, 2.45) is 0 Å². The number of rotatable bonds is 27. The zero-order chi connectivity index (χ0) is 25.8. The van der Waals surface area contributed by atoms with Gasteiger partial charge in [0.2, 0.25) is 0 Å². The third kappa shape index (κ3) is 25.8. The highest BCUT2D eigenvalue weighted by Crippen LogP contribution is 2.13. The topological polar surface area (TPSA) is 72.8 Å². The summed E-state index contributed by atoms with van der Waals surface area (Å²) in [4.78, 5) is 23.9. The van der Waals surface area contributed by atoms with Gasteiger partial charge in [-0.05, 0) is 12.8 Å². The molecule has 5 heteroatoms. The summed E-state index contributed by atoms with van der Waals surface area (Å²) in [7, 11) is 0. The second kappa shape index (κ2) is 27.5. The lowest BCUT2D eigenvalue weighted by Gasteiger charge is -2.15. The summed E-state index contributed by atoms with van der Waals surface area (Å²) in [5.74, 6) is -0.588. The van der Waals surface area contributed by atoms with Gasteiger partial charge < -0.3 is 14.6 Å². The Bertz CT molecular complexity index is 466. The maximum absolute atomic E-state index is 12.0. The minimum Gasteiger partial charge on any atom is -0.462 e. The Morgan fingerprint density at radius 3 is 1.26 bits per heavy atom. The van der Waals surface area contributed by atoms with Crippen LogP contribution in [-0.2, 0) is 19.1 Å². The van der Waals surface area contributed by atoms with Crippen LogP contribution in [0.4, 0.5) is 0 Å². The summed E-state index contributed by atoms with van der Waals surface area (Å²) in [5, 5.41) is 9.44. The Hall–Kier alpha value is -1.10. The number of carbonyl (C=O) groups excluding carboxylic acids is 2. The molecule has 0 aliphatic rings. The highest BCUT2D eigenvalue weighted by molar-refractivity contribution is 5.70. The first-order valence-corrected chi connectivity index (χ1v) is 15.1. The van der Waals surface area contributed by atoms with Crippen molar-refractivity contribution in [2.75, 3.05) is 13.2 Å². The van der Waals surface area contributed by atoms with Crippen LogP contribution in [-0.4, -0.2) is 36.4 Å². The van der Waals surface area contributed by atoms with Crippen molar-refractivity contribution in [3.63, 3.8) is 0 Å². The summed E-state index contributed by atoms with van der Waals surface area (Å²) < 4.78 is 10.5. The molecule has 0 saturated heterocycles. The van der Waals surface area contributed by atoms with Gasteiger partial charge in [-0.15, -0.1) is 0 Å². The van der Waals surface area contributed by atoms with Crippen LogP contribution >= 0.6 is 0 Å². The molecule has 0 fully saturated rings. The number of hydrogen-bond acceptors (Lipinski definition) is 5. The first-order valence-electron chi connectivity index (χ1n) is 15.1. The van der Waals surface area contributed by atoms with E-state index >= 15 is 0 Å². The average molecular weight is 499 g/mol. The number of ether oxygens (including phenoxy) is 2. The number of aliphatic hydroxyl groups excluding tert-OH is 1. The van der Waals surface area contributed by atoms with Crippen LogP contribution in [0.2, 0.25) is 0 Å². The van der Waals surface area contributed by atoms with Gasteiger partial charge in [0.15, 0.2) is 6.10 Å². The van der Waals surface area contributed by atoms with Gasteiger partial charge in [-0.2, -0.15) is 0 Å². The van der Waals surface area contributed by atoms with Gasteiger partial charge in [-0.25, -0.2) is 0 Å². The van der Waals surface area contributed by atoms with Crippen molar-refractivity contribution in [2.45, 2.75) is 168 Å². The molecule has 0 aromatic carbocycles. The summed E-state index contributed by atoms with van der Waals surface area (Å²) in [6.45, 7) is 4.10. The molecule has 0 bridgehead atoms. The summed E-state index contributed by atoms with van der Waals surface area (Å²) >= 11 is 0. The van der Waals surface area contributed by atoms with Gasteiger partial charge in [0, 0.05) is 12.8 Å². The Morgan fingerprint density at radius 2 is 0.886 bits per heavy atom. The molecule has 0 radical (unpaired) electrons. The van der Waals surface area contributed by atoms with E-state index in [1.807, 2.05) is 0 Å². The minimum atomic E-state index is -0.758. The number of carbonyl (C=O) groups is 2. The van der Waals surface area contributed by atoms with E-state index in [-0.39, 0.29) is 25.2 Å². The first-order chi connectivity index (χ1) is 17.1. The Balaban J connectivity index is 3.58. The van der Waals surface area contributed by atoms with Crippen LogP contribution in [0.5, 0.6) is 0 Å². The van der Waals surface area contributed by atoms with E-state index in [2.05, 4.69) is 13.8 Å². The van der Waals surface area contributed by atoms with Crippen molar-refractivity contribution in [3.8, 4) is 0 Å². The third-order valence-electron chi connectivity index (χ3n) is 6.65. The van der Waals surface area contributed by atoms with Gasteiger partial charge in [0.1, 0.15) is 6.61 Å². The molecule has 1 N–H and O–H groups in total. The maximum atomic E-state index is 12.0. The van der Waals surface area contributed by atoms with E-state index in [4.69, 9.17) is 9.47 Å². The van der Waals surface area contributed by atoms with Crippen LogP contribution in [0.3, 0.4) is 0 Å².